The molecule has 0 saturated carbocycles. The first-order chi connectivity index (χ1) is 9.98. The van der Waals surface area contributed by atoms with Crippen molar-refractivity contribution in [2.75, 3.05) is 39.0 Å². The van der Waals surface area contributed by atoms with Gasteiger partial charge in [0.15, 0.2) is 5.82 Å². The average molecular weight is 317 g/mol. The fourth-order valence-corrected chi connectivity index (χ4v) is 2.72. The molecule has 0 unspecified atom stereocenters. The summed E-state index contributed by atoms with van der Waals surface area (Å²) in [5.41, 5.74) is 0. The predicted octanol–water partition coefficient (Wildman–Crippen LogP) is -0.320. The van der Waals surface area contributed by atoms with Crippen molar-refractivity contribution in [2.24, 2.45) is 0 Å². The molecule has 2 N–H and O–H groups in total. The van der Waals surface area contributed by atoms with Gasteiger partial charge < -0.3 is 4.74 Å². The van der Waals surface area contributed by atoms with Gasteiger partial charge in [0, 0.05) is 32.6 Å². The lowest BCUT2D eigenvalue weighted by Crippen LogP contribution is -2.42. The number of morpholine rings is 1. The highest BCUT2D eigenvalue weighted by atomic mass is 32.2. The van der Waals surface area contributed by atoms with E-state index in [0.717, 1.165) is 31.5 Å². The second-order valence-electron chi connectivity index (χ2n) is 5.22. The lowest BCUT2D eigenvalue weighted by atomic mass is 10.2. The number of nitrogens with one attached hydrogen (secondary N) is 2. The van der Waals surface area contributed by atoms with Crippen LogP contribution in [0.4, 0.5) is 0 Å². The molecule has 0 aliphatic carbocycles. The minimum Gasteiger partial charge on any atom is -0.367 e. The fraction of sp³-hybridized carbons (Fsp3) is 0.833. The minimum atomic E-state index is -3.13. The molecule has 2 heterocycles. The highest BCUT2D eigenvalue weighted by Gasteiger charge is 2.25. The van der Waals surface area contributed by atoms with Crippen LogP contribution in [0.15, 0.2) is 0 Å². The molecular formula is C12H23N5O3S. The maximum atomic E-state index is 11.0. The highest BCUT2D eigenvalue weighted by molar-refractivity contribution is 7.88. The van der Waals surface area contributed by atoms with Gasteiger partial charge in [-0.05, 0) is 6.42 Å². The molecule has 1 aliphatic rings. The predicted molar refractivity (Wildman–Crippen MR) is 78.4 cm³/mol. The summed E-state index contributed by atoms with van der Waals surface area (Å²) in [5.74, 6) is 1.56. The summed E-state index contributed by atoms with van der Waals surface area (Å²) >= 11 is 0. The van der Waals surface area contributed by atoms with E-state index in [2.05, 4.69) is 31.7 Å². The molecule has 0 bridgehead atoms. The summed E-state index contributed by atoms with van der Waals surface area (Å²) in [7, 11) is -3.13. The molecule has 8 nitrogen and oxygen atoms in total. The fourth-order valence-electron chi connectivity index (χ4n) is 2.25. The summed E-state index contributed by atoms with van der Waals surface area (Å²) in [6.45, 7) is 5.21. The van der Waals surface area contributed by atoms with E-state index >= 15 is 0 Å². The Morgan fingerprint density at radius 2 is 2.33 bits per heavy atom. The maximum Gasteiger partial charge on any atom is 0.208 e. The number of rotatable bonds is 7. The molecule has 1 saturated heterocycles. The second-order valence-corrected chi connectivity index (χ2v) is 7.05. The van der Waals surface area contributed by atoms with Gasteiger partial charge in [-0.1, -0.05) is 6.92 Å². The summed E-state index contributed by atoms with van der Waals surface area (Å²) in [6, 6.07) is 0. The van der Waals surface area contributed by atoms with Gasteiger partial charge in [-0.25, -0.2) is 18.1 Å². The number of aryl methyl sites for hydroxylation is 1. The topological polar surface area (TPSA) is 100 Å². The van der Waals surface area contributed by atoms with E-state index in [0.29, 0.717) is 32.1 Å². The van der Waals surface area contributed by atoms with E-state index < -0.39 is 10.0 Å². The number of H-pyrrole nitrogens is 1. The van der Waals surface area contributed by atoms with Crippen LogP contribution in [0.1, 0.15) is 31.1 Å². The number of nitrogens with zero attached hydrogens (tertiary/aromatic N) is 3. The smallest absolute Gasteiger partial charge is 0.208 e. The van der Waals surface area contributed by atoms with Gasteiger partial charge in [-0.3, -0.25) is 10.00 Å². The van der Waals surface area contributed by atoms with Gasteiger partial charge in [0.1, 0.15) is 11.9 Å². The molecule has 0 amide bonds. The standard InChI is InChI=1S/C12H23N5O3S/c1-3-4-11-14-12(16-15-11)10-9-17(7-8-20-10)6-5-13-21(2,18)19/h10,13H,3-9H2,1-2H3,(H,14,15,16)/t10-/m0/s1. The van der Waals surface area contributed by atoms with Crippen LogP contribution < -0.4 is 4.72 Å². The van der Waals surface area contributed by atoms with Gasteiger partial charge in [0.25, 0.3) is 0 Å². The van der Waals surface area contributed by atoms with E-state index in [-0.39, 0.29) is 6.10 Å². The molecule has 0 radical (unpaired) electrons. The van der Waals surface area contributed by atoms with Crippen LogP contribution in [-0.4, -0.2) is 67.5 Å². The molecule has 120 valence electrons. The van der Waals surface area contributed by atoms with Crippen molar-refractivity contribution in [1.29, 1.82) is 0 Å². The van der Waals surface area contributed by atoms with E-state index in [1.807, 2.05) is 0 Å². The zero-order chi connectivity index (χ0) is 15.3. The Bertz CT molecular complexity index is 545. The SMILES string of the molecule is CCCc1nc([C@@H]2CN(CCNS(C)(=O)=O)CCO2)n[nH]1. The van der Waals surface area contributed by atoms with Gasteiger partial charge in [-0.15, -0.1) is 0 Å². The first-order valence-electron chi connectivity index (χ1n) is 7.17. The Hall–Kier alpha value is -1.03. The zero-order valence-corrected chi connectivity index (χ0v) is 13.3. The van der Waals surface area contributed by atoms with Crippen LogP contribution in [0.3, 0.4) is 0 Å². The normalized spacial score (nSPS) is 20.8. The molecule has 9 heteroatoms. The molecular weight excluding hydrogens is 294 g/mol. The molecule has 1 aliphatic heterocycles. The maximum absolute atomic E-state index is 11.0. The summed E-state index contributed by atoms with van der Waals surface area (Å²) < 4.78 is 30.3. The second kappa shape index (κ2) is 7.30. The number of ether oxygens (including phenoxy) is 1. The quantitative estimate of drug-likeness (QED) is 0.715. The van der Waals surface area contributed by atoms with Crippen molar-refractivity contribution in [3.63, 3.8) is 0 Å². The zero-order valence-electron chi connectivity index (χ0n) is 12.5. The summed E-state index contributed by atoms with van der Waals surface area (Å²) in [5, 5.41) is 7.14. The van der Waals surface area contributed by atoms with Crippen molar-refractivity contribution in [2.45, 2.75) is 25.9 Å². The van der Waals surface area contributed by atoms with E-state index in [4.69, 9.17) is 4.74 Å². The minimum absolute atomic E-state index is 0.154. The molecule has 1 aromatic heterocycles. The monoisotopic (exact) mass is 317 g/mol. The third kappa shape index (κ3) is 5.34. The van der Waals surface area contributed by atoms with Crippen molar-refractivity contribution in [1.82, 2.24) is 24.8 Å². The van der Waals surface area contributed by atoms with Crippen LogP contribution in [-0.2, 0) is 21.2 Å². The number of sulfonamides is 1. The number of aromatic nitrogens is 3. The molecule has 2 rings (SSSR count). The van der Waals surface area contributed by atoms with Gasteiger partial charge in [0.05, 0.1) is 12.9 Å². The van der Waals surface area contributed by atoms with E-state index in [1.165, 1.54) is 0 Å². The first-order valence-corrected chi connectivity index (χ1v) is 9.07. The largest absolute Gasteiger partial charge is 0.367 e. The van der Waals surface area contributed by atoms with Crippen molar-refractivity contribution in [3.8, 4) is 0 Å². The Morgan fingerprint density at radius 1 is 1.52 bits per heavy atom. The van der Waals surface area contributed by atoms with Crippen molar-refractivity contribution < 1.29 is 13.2 Å². The lowest BCUT2D eigenvalue weighted by Gasteiger charge is -2.31. The van der Waals surface area contributed by atoms with Crippen LogP contribution in [0.2, 0.25) is 0 Å². The van der Waals surface area contributed by atoms with E-state index in [9.17, 15) is 8.42 Å². The Labute approximate surface area is 125 Å². The van der Waals surface area contributed by atoms with Gasteiger partial charge >= 0.3 is 0 Å². The van der Waals surface area contributed by atoms with Crippen molar-refractivity contribution >= 4 is 10.0 Å². The highest BCUT2D eigenvalue weighted by Crippen LogP contribution is 2.18. The third-order valence-corrected chi connectivity index (χ3v) is 4.00. The number of hydrogen-bond donors (Lipinski definition) is 2. The first kappa shape index (κ1) is 16.3. The number of hydrogen-bond acceptors (Lipinski definition) is 6. The van der Waals surface area contributed by atoms with Gasteiger partial charge in [0.2, 0.25) is 10.0 Å². The van der Waals surface area contributed by atoms with Crippen LogP contribution in [0.5, 0.6) is 0 Å². The molecule has 0 spiro atoms. The molecule has 1 atom stereocenters. The molecule has 21 heavy (non-hydrogen) atoms. The summed E-state index contributed by atoms with van der Waals surface area (Å²) in [6.07, 6.45) is 2.90. The van der Waals surface area contributed by atoms with Gasteiger partial charge in [-0.2, -0.15) is 5.10 Å². The van der Waals surface area contributed by atoms with Crippen LogP contribution in [0.25, 0.3) is 0 Å². The van der Waals surface area contributed by atoms with Crippen molar-refractivity contribution in [3.05, 3.63) is 11.6 Å². The molecule has 1 aromatic rings. The van der Waals surface area contributed by atoms with E-state index in [1.54, 1.807) is 0 Å². The lowest BCUT2D eigenvalue weighted by molar-refractivity contribution is -0.0333. The molecule has 1 fully saturated rings. The van der Waals surface area contributed by atoms with Crippen LogP contribution in [0, 0.1) is 0 Å². The molecule has 0 aromatic carbocycles. The van der Waals surface area contributed by atoms with Crippen LogP contribution >= 0.6 is 0 Å². The average Bonchev–Trinajstić information content (AvgIpc) is 2.87. The Morgan fingerprint density at radius 3 is 3.05 bits per heavy atom. The Balaban J connectivity index is 1.85. The summed E-state index contributed by atoms with van der Waals surface area (Å²) in [4.78, 5) is 6.60. The third-order valence-electron chi connectivity index (χ3n) is 3.27. The Kier molecular flexibility index (Phi) is 5.68. The number of aromatic amines is 1.